The van der Waals surface area contributed by atoms with Crippen LogP contribution in [0.3, 0.4) is 0 Å². The van der Waals surface area contributed by atoms with Crippen LogP contribution in [-0.2, 0) is 0 Å². The molecular formula is C85H100B2N6O7S. The van der Waals surface area contributed by atoms with Crippen molar-refractivity contribution < 1.29 is 32.5 Å². The van der Waals surface area contributed by atoms with Crippen molar-refractivity contribution in [3.63, 3.8) is 0 Å². The van der Waals surface area contributed by atoms with Crippen LogP contribution in [0.5, 0.6) is 34.5 Å². The van der Waals surface area contributed by atoms with Crippen molar-refractivity contribution in [1.82, 2.24) is 18.9 Å². The van der Waals surface area contributed by atoms with Crippen LogP contribution in [0.25, 0.3) is 70.7 Å². The SMILES string of the molecule is [C-]#[N+]/C(c1nc2cc(C)ccc2o1)=c1\c2c(-c3cccc(OCC(CCC(C)CC(C)(C)C)C(C)CC(C)(C)C)c3)n(B3Oc4ccccc4O3)/c(=C(/C#N)c3nc4ccccc4s3)c2c(-c2cccc(OCC(CCC(C)CC(C)(C)C)C(C)CC(C)(C)C)c2)n1B1Oc2ccccc2O1. The summed E-state index contributed by atoms with van der Waals surface area (Å²) in [5.41, 5.74) is 6.25. The third-order valence-corrected chi connectivity index (χ3v) is 20.8. The Bertz CT molecular complexity index is 4690. The highest BCUT2D eigenvalue weighted by Gasteiger charge is 2.46. The Labute approximate surface area is 603 Å². The third-order valence-electron chi connectivity index (χ3n) is 19.7. The predicted octanol–water partition coefficient (Wildman–Crippen LogP) is 21.1. The molecule has 13 nitrogen and oxygen atoms in total. The summed E-state index contributed by atoms with van der Waals surface area (Å²) in [5.74, 6) is 5.81. The lowest BCUT2D eigenvalue weighted by Crippen LogP contribution is -2.44. The van der Waals surface area contributed by atoms with Crippen LogP contribution < -0.4 is 38.8 Å². The molecule has 6 aromatic carbocycles. The van der Waals surface area contributed by atoms with Crippen LogP contribution in [-0.4, -0.2) is 46.6 Å². The summed E-state index contributed by atoms with van der Waals surface area (Å²) in [6.45, 7) is 50.1. The highest BCUT2D eigenvalue weighted by molar-refractivity contribution is 7.19. The van der Waals surface area contributed by atoms with E-state index in [1.807, 2.05) is 131 Å². The van der Waals surface area contributed by atoms with Gasteiger partial charge in [0.25, 0.3) is 5.70 Å². The number of hydrogen-bond donors (Lipinski definition) is 0. The molecule has 6 atom stereocenters. The minimum atomic E-state index is -1.24. The summed E-state index contributed by atoms with van der Waals surface area (Å²) in [6, 6.07) is 48.0. The second-order valence-corrected chi connectivity index (χ2v) is 34.9. The van der Waals surface area contributed by atoms with Gasteiger partial charge in [-0.05, 0) is 181 Å². The number of aryl methyl sites for hydroxylation is 1. The van der Waals surface area contributed by atoms with E-state index in [1.165, 1.54) is 11.3 Å². The summed E-state index contributed by atoms with van der Waals surface area (Å²) in [7, 11) is -2.47. The maximum absolute atomic E-state index is 12.4. The molecule has 0 saturated carbocycles. The van der Waals surface area contributed by atoms with Gasteiger partial charge >= 0.3 is 14.5 Å². The molecule has 0 amide bonds. The first-order valence-electron chi connectivity index (χ1n) is 36.4. The molecule has 0 saturated heterocycles. The Kier molecular flexibility index (Phi) is 20.8. The first kappa shape index (κ1) is 72.0. The van der Waals surface area contributed by atoms with E-state index in [2.05, 4.69) is 146 Å². The van der Waals surface area contributed by atoms with Crippen molar-refractivity contribution in [3.05, 3.63) is 178 Å². The molecule has 0 N–H and O–H groups in total. The number of oxazole rings is 1. The van der Waals surface area contributed by atoms with Gasteiger partial charge in [0.2, 0.25) is 5.89 Å². The molecule has 6 heterocycles. The van der Waals surface area contributed by atoms with Crippen LogP contribution in [0.15, 0.2) is 144 Å². The Morgan fingerprint density at radius 1 is 0.545 bits per heavy atom. The van der Waals surface area contributed by atoms with E-state index in [0.717, 1.165) is 67.1 Å². The fourth-order valence-electron chi connectivity index (χ4n) is 15.9. The Morgan fingerprint density at radius 3 is 1.46 bits per heavy atom. The number of thiazole rings is 1. The van der Waals surface area contributed by atoms with Gasteiger partial charge in [-0.1, -0.05) is 190 Å². The van der Waals surface area contributed by atoms with Crippen molar-refractivity contribution in [1.29, 1.82) is 5.26 Å². The van der Waals surface area contributed by atoms with Crippen LogP contribution in [0.4, 0.5) is 0 Å². The van der Waals surface area contributed by atoms with Crippen LogP contribution in [0.1, 0.15) is 179 Å². The van der Waals surface area contributed by atoms with Crippen LogP contribution >= 0.6 is 11.3 Å². The molecule has 4 aromatic heterocycles. The zero-order chi connectivity index (χ0) is 71.9. The maximum Gasteiger partial charge on any atom is 0.743 e. The lowest BCUT2D eigenvalue weighted by molar-refractivity contribution is 0.147. The molecule has 0 bridgehead atoms. The standard InChI is InChI=1S/C85H100B2N6O7S/c1-53-39-42-67-66(43-53)90-80(96-67)75(89-18)79-74-73(76(93(79)87-99-70-34-22-23-35-71(70)100-87)58-27-25-29-62(44-58)94-51-60(56(4)48-84(12,13)14)40-37-54(2)46-82(6,7)8)78(64(50-88)81-91-65-31-19-24-36-72(65)101-81)92(86-97-68-32-20-21-33-69(68)98-86)77(74)59-28-26-30-63(45-59)95-52-61(57(5)49-85(15,16)17)41-38-55(3)47-83(9,10)11/h19-36,39,42-45,54-57,60-61H,37-38,40-41,46-49,51-52H2,1-17H3/b78-64-,79-75+. The highest BCUT2D eigenvalue weighted by atomic mass is 32.1. The largest absolute Gasteiger partial charge is 0.743 e. The minimum absolute atomic E-state index is 0.0609. The van der Waals surface area contributed by atoms with Gasteiger partial charge in [-0.3, -0.25) is 0 Å². The number of hydrogen-bond acceptors (Lipinski definition) is 11. The van der Waals surface area contributed by atoms with Crippen molar-refractivity contribution in [3.8, 4) is 63.1 Å². The summed E-state index contributed by atoms with van der Waals surface area (Å²) < 4.78 is 54.4. The summed E-state index contributed by atoms with van der Waals surface area (Å²) in [5, 5.41) is 14.7. The number of ether oxygens (including phenoxy) is 2. The maximum atomic E-state index is 12.4. The summed E-state index contributed by atoms with van der Waals surface area (Å²) in [6.07, 6.45) is 8.60. The van der Waals surface area contributed by atoms with E-state index >= 15 is 0 Å². The Morgan fingerprint density at radius 2 is 1.00 bits per heavy atom. The van der Waals surface area contributed by atoms with E-state index in [4.69, 9.17) is 42.5 Å². The van der Waals surface area contributed by atoms with Gasteiger partial charge in [0.15, 0.2) is 5.58 Å². The molecule has 16 heteroatoms. The van der Waals surface area contributed by atoms with E-state index in [1.54, 1.807) is 0 Å². The molecule has 0 radical (unpaired) electrons. The van der Waals surface area contributed by atoms with E-state index in [-0.39, 0.29) is 50.7 Å². The van der Waals surface area contributed by atoms with Crippen LogP contribution in [0.2, 0.25) is 0 Å². The van der Waals surface area contributed by atoms with E-state index in [9.17, 15) is 11.8 Å². The second-order valence-electron chi connectivity index (χ2n) is 33.9. The normalized spacial score (nSPS) is 15.7. The smallest absolute Gasteiger partial charge is 0.503 e. The molecule has 101 heavy (non-hydrogen) atoms. The fraction of sp³-hybridized carbons (Fsp3) is 0.435. The van der Waals surface area contributed by atoms with Gasteiger partial charge in [-0.25, -0.2) is 14.8 Å². The predicted molar refractivity (Wildman–Crippen MR) is 413 cm³/mol. The monoisotopic (exact) mass is 1370 g/mol. The average Bonchev–Trinajstić information content (AvgIpc) is 1.52. The van der Waals surface area contributed by atoms with Crippen molar-refractivity contribution >= 4 is 69.2 Å². The third kappa shape index (κ3) is 16.6. The van der Waals surface area contributed by atoms with Crippen LogP contribution in [0, 0.1) is 82.0 Å². The fourth-order valence-corrected chi connectivity index (χ4v) is 16.8. The number of rotatable bonds is 24. The molecule has 0 aliphatic carbocycles. The van der Waals surface area contributed by atoms with Gasteiger partial charge in [0, 0.05) is 21.9 Å². The van der Waals surface area contributed by atoms with Gasteiger partial charge in [-0.2, -0.15) is 5.26 Å². The van der Waals surface area contributed by atoms with E-state index in [0.29, 0.717) is 131 Å². The molecular weight excluding hydrogens is 1270 g/mol. The van der Waals surface area contributed by atoms with Gasteiger partial charge < -0.3 is 41.5 Å². The molecule has 12 rings (SSSR count). The second kappa shape index (κ2) is 29.2. The van der Waals surface area contributed by atoms with Crippen molar-refractivity contribution in [2.24, 2.45) is 57.2 Å². The molecule has 0 spiro atoms. The van der Waals surface area contributed by atoms with E-state index < -0.39 is 14.5 Å². The molecule has 6 unspecified atom stereocenters. The van der Waals surface area contributed by atoms with Gasteiger partial charge in [-0.15, -0.1) is 11.3 Å². The zero-order valence-electron chi connectivity index (χ0n) is 62.4. The molecule has 524 valence electrons. The Balaban J connectivity index is 1.17. The number of nitriles is 1. The lowest BCUT2D eigenvalue weighted by Gasteiger charge is -2.31. The highest BCUT2D eigenvalue weighted by Crippen LogP contribution is 2.45. The summed E-state index contributed by atoms with van der Waals surface area (Å²) in [4.78, 5) is 15.0. The van der Waals surface area contributed by atoms with Crippen molar-refractivity contribution in [2.45, 2.75) is 169 Å². The molecule has 10 aromatic rings. The first-order valence-corrected chi connectivity index (χ1v) is 37.2. The number of aromatic nitrogens is 4. The number of para-hydroxylation sites is 5. The topological polar surface area (TPSA) is 132 Å². The van der Waals surface area contributed by atoms with Crippen molar-refractivity contribution in [2.75, 3.05) is 13.2 Å². The number of fused-ring (bicyclic) bond motifs is 5. The van der Waals surface area contributed by atoms with Gasteiger partial charge in [0.1, 0.15) is 56.7 Å². The summed E-state index contributed by atoms with van der Waals surface area (Å²) >= 11 is 1.43. The average molecular weight is 1370 g/mol. The zero-order valence-corrected chi connectivity index (χ0v) is 63.2. The minimum Gasteiger partial charge on any atom is -0.503 e. The number of nitrogens with zero attached hydrogens (tertiary/aromatic N) is 6. The Hall–Kier alpha value is -8.85. The lowest BCUT2D eigenvalue weighted by atomic mass is 9.76. The molecule has 2 aliphatic heterocycles. The quantitative estimate of drug-likeness (QED) is 0.0425. The number of benzene rings is 6. The first-order chi connectivity index (χ1) is 48.0. The van der Waals surface area contributed by atoms with Gasteiger partial charge in [0.05, 0.1) is 52.1 Å². The molecule has 2 aliphatic rings. The molecule has 0 fully saturated rings.